The lowest BCUT2D eigenvalue weighted by atomic mass is 10.0. The topological polar surface area (TPSA) is 66.5 Å². The molecule has 1 N–H and O–H groups in total. The minimum absolute atomic E-state index is 0.117. The number of sulfonamides is 1. The van der Waals surface area contributed by atoms with Gasteiger partial charge in [-0.25, -0.2) is 8.42 Å². The Morgan fingerprint density at radius 2 is 1.90 bits per heavy atom. The third kappa shape index (κ3) is 2.77. The van der Waals surface area contributed by atoms with Gasteiger partial charge in [0.15, 0.2) is 0 Å². The lowest BCUT2D eigenvalue weighted by molar-refractivity contribution is -0.116. The number of hydrogen-bond acceptors (Lipinski definition) is 3. The zero-order chi connectivity index (χ0) is 15.6. The molecule has 112 valence electrons. The summed E-state index contributed by atoms with van der Waals surface area (Å²) in [5.74, 6) is -0.462. The van der Waals surface area contributed by atoms with Crippen molar-refractivity contribution in [2.45, 2.75) is 17.7 Å². The average molecular weight is 306 g/mol. The van der Waals surface area contributed by atoms with Crippen molar-refractivity contribution in [3.8, 4) is 0 Å². The number of fused-ring (bicyclic) bond motifs is 1. The number of hydrogen-bond donors (Lipinski definition) is 1. The Bertz CT molecular complexity index is 685. The first-order valence-corrected chi connectivity index (χ1v) is 8.02. The van der Waals surface area contributed by atoms with Gasteiger partial charge < -0.3 is 5.32 Å². The zero-order valence-electron chi connectivity index (χ0n) is 11.9. The van der Waals surface area contributed by atoms with Gasteiger partial charge in [-0.2, -0.15) is 4.31 Å². The molecule has 1 aromatic carbocycles. The van der Waals surface area contributed by atoms with Gasteiger partial charge in [0.05, 0.1) is 10.8 Å². The fraction of sp³-hybridized carbons (Fsp3) is 0.267. The van der Waals surface area contributed by atoms with Crippen LogP contribution < -0.4 is 5.32 Å². The summed E-state index contributed by atoms with van der Waals surface area (Å²) >= 11 is 0. The minimum Gasteiger partial charge on any atom is -0.325 e. The van der Waals surface area contributed by atoms with E-state index in [1.165, 1.54) is 22.5 Å². The molecule has 0 bridgehead atoms. The van der Waals surface area contributed by atoms with Crippen LogP contribution in [-0.4, -0.2) is 31.7 Å². The summed E-state index contributed by atoms with van der Waals surface area (Å²) in [6.07, 6.45) is 3.06. The van der Waals surface area contributed by atoms with Crippen LogP contribution in [0.2, 0.25) is 0 Å². The number of nitrogens with one attached hydrogen (secondary N) is 1. The molecular weight excluding hydrogens is 288 g/mol. The van der Waals surface area contributed by atoms with E-state index in [-0.39, 0.29) is 29.8 Å². The lowest BCUT2D eigenvalue weighted by Gasteiger charge is -2.19. The molecule has 5 nitrogen and oxygen atoms in total. The van der Waals surface area contributed by atoms with Crippen molar-refractivity contribution >= 4 is 21.6 Å². The van der Waals surface area contributed by atoms with Gasteiger partial charge in [-0.1, -0.05) is 12.2 Å². The molecule has 1 heterocycles. The van der Waals surface area contributed by atoms with Gasteiger partial charge in [-0.05, 0) is 30.7 Å². The molecule has 0 fully saturated rings. The first-order valence-electron chi connectivity index (χ1n) is 6.58. The van der Waals surface area contributed by atoms with Crippen LogP contribution in [0.4, 0.5) is 5.69 Å². The molecule has 21 heavy (non-hydrogen) atoms. The predicted molar refractivity (Wildman–Crippen MR) is 82.6 cm³/mol. The molecule has 6 heteroatoms. The van der Waals surface area contributed by atoms with Crippen LogP contribution in [0, 0.1) is 0 Å². The van der Waals surface area contributed by atoms with Gasteiger partial charge in [0.25, 0.3) is 0 Å². The summed E-state index contributed by atoms with van der Waals surface area (Å²) < 4.78 is 26.5. The van der Waals surface area contributed by atoms with Gasteiger partial charge in [-0.15, -0.1) is 13.2 Å². The smallest absolute Gasteiger partial charge is 0.243 e. The van der Waals surface area contributed by atoms with Crippen LogP contribution in [-0.2, 0) is 14.8 Å². The maximum absolute atomic E-state index is 12.6. The third-order valence-electron chi connectivity index (χ3n) is 3.44. The van der Waals surface area contributed by atoms with Crippen molar-refractivity contribution in [1.29, 1.82) is 0 Å². The van der Waals surface area contributed by atoms with Crippen molar-refractivity contribution in [2.75, 3.05) is 18.4 Å². The SMILES string of the molecule is C=CCN(CC=C)S(=O)(=O)c1ccc2c(c1)[C@H](C)C(=O)N2. The fourth-order valence-corrected chi connectivity index (χ4v) is 3.68. The summed E-state index contributed by atoms with van der Waals surface area (Å²) in [6, 6.07) is 4.70. The quantitative estimate of drug-likeness (QED) is 0.819. The monoisotopic (exact) mass is 306 g/mol. The molecule has 0 spiro atoms. The van der Waals surface area contributed by atoms with E-state index in [9.17, 15) is 13.2 Å². The second kappa shape index (κ2) is 5.83. The van der Waals surface area contributed by atoms with E-state index in [1.807, 2.05) is 0 Å². The van der Waals surface area contributed by atoms with Crippen molar-refractivity contribution < 1.29 is 13.2 Å². The molecule has 0 aliphatic carbocycles. The highest BCUT2D eigenvalue weighted by Gasteiger charge is 2.30. The highest BCUT2D eigenvalue weighted by Crippen LogP contribution is 2.34. The highest BCUT2D eigenvalue weighted by atomic mass is 32.2. The van der Waals surface area contributed by atoms with Gasteiger partial charge in [0.1, 0.15) is 0 Å². The second-order valence-electron chi connectivity index (χ2n) is 4.86. The van der Waals surface area contributed by atoms with Crippen molar-refractivity contribution in [1.82, 2.24) is 4.31 Å². The van der Waals surface area contributed by atoms with Crippen LogP contribution in [0.1, 0.15) is 18.4 Å². The predicted octanol–water partition coefficient (Wildman–Crippen LogP) is 2.10. The minimum atomic E-state index is -3.64. The largest absolute Gasteiger partial charge is 0.325 e. The Hall–Kier alpha value is -1.92. The van der Waals surface area contributed by atoms with Crippen LogP contribution >= 0.6 is 0 Å². The number of carbonyl (C=O) groups excluding carboxylic acids is 1. The van der Waals surface area contributed by atoms with E-state index < -0.39 is 10.0 Å². The van der Waals surface area contributed by atoms with Gasteiger partial charge in [-0.3, -0.25) is 4.79 Å². The van der Waals surface area contributed by atoms with E-state index in [2.05, 4.69) is 18.5 Å². The molecule has 1 aromatic rings. The molecular formula is C15H18N2O3S. The number of amides is 1. The number of carbonyl (C=O) groups is 1. The van der Waals surface area contributed by atoms with Crippen LogP contribution in [0.5, 0.6) is 0 Å². The van der Waals surface area contributed by atoms with Gasteiger partial charge >= 0.3 is 0 Å². The van der Waals surface area contributed by atoms with Crippen LogP contribution in [0.25, 0.3) is 0 Å². The molecule has 1 atom stereocenters. The number of rotatable bonds is 6. The molecule has 0 aromatic heterocycles. The molecule has 1 amide bonds. The number of benzene rings is 1. The summed E-state index contributed by atoms with van der Waals surface area (Å²) in [4.78, 5) is 11.8. The standard InChI is InChI=1S/C15H18N2O3S/c1-4-8-17(9-5-2)21(19,20)12-6-7-14-13(10-12)11(3)15(18)16-14/h4-7,10-11H,1-2,8-9H2,3H3,(H,16,18)/t11-/m0/s1. The Labute approximate surface area is 125 Å². The maximum atomic E-state index is 12.6. The zero-order valence-corrected chi connectivity index (χ0v) is 12.7. The second-order valence-corrected chi connectivity index (χ2v) is 6.80. The van der Waals surface area contributed by atoms with Crippen molar-refractivity contribution in [3.63, 3.8) is 0 Å². The Morgan fingerprint density at radius 1 is 1.29 bits per heavy atom. The molecule has 0 saturated carbocycles. The molecule has 0 saturated heterocycles. The lowest BCUT2D eigenvalue weighted by Crippen LogP contribution is -2.31. The molecule has 2 rings (SSSR count). The molecule has 1 aliphatic rings. The van der Waals surface area contributed by atoms with Crippen molar-refractivity contribution in [3.05, 3.63) is 49.1 Å². The van der Waals surface area contributed by atoms with E-state index in [4.69, 9.17) is 0 Å². The fourth-order valence-electron chi connectivity index (χ4n) is 2.26. The first-order chi connectivity index (χ1) is 9.91. The van der Waals surface area contributed by atoms with E-state index in [1.54, 1.807) is 19.1 Å². The molecule has 0 radical (unpaired) electrons. The van der Waals surface area contributed by atoms with Crippen molar-refractivity contribution in [2.24, 2.45) is 0 Å². The van der Waals surface area contributed by atoms with E-state index >= 15 is 0 Å². The summed E-state index contributed by atoms with van der Waals surface area (Å²) in [5, 5.41) is 2.73. The Morgan fingerprint density at radius 3 is 2.48 bits per heavy atom. The number of nitrogens with zero attached hydrogens (tertiary/aromatic N) is 1. The van der Waals surface area contributed by atoms with Crippen LogP contribution in [0.3, 0.4) is 0 Å². The van der Waals surface area contributed by atoms with Crippen LogP contribution in [0.15, 0.2) is 48.4 Å². The Kier molecular flexibility index (Phi) is 4.29. The van der Waals surface area contributed by atoms with E-state index in [0.717, 1.165) is 0 Å². The van der Waals surface area contributed by atoms with Gasteiger partial charge in [0, 0.05) is 18.8 Å². The highest BCUT2D eigenvalue weighted by molar-refractivity contribution is 7.89. The third-order valence-corrected chi connectivity index (χ3v) is 5.27. The van der Waals surface area contributed by atoms with E-state index in [0.29, 0.717) is 11.3 Å². The molecule has 0 unspecified atom stereocenters. The first kappa shape index (κ1) is 15.5. The Balaban J connectivity index is 2.44. The normalized spacial score (nSPS) is 17.4. The summed E-state index contributed by atoms with van der Waals surface area (Å²) in [7, 11) is -3.64. The summed E-state index contributed by atoms with van der Waals surface area (Å²) in [6.45, 7) is 9.32. The maximum Gasteiger partial charge on any atom is 0.243 e. The number of anilines is 1. The average Bonchev–Trinajstić information content (AvgIpc) is 2.73. The summed E-state index contributed by atoms with van der Waals surface area (Å²) in [5.41, 5.74) is 1.38. The van der Waals surface area contributed by atoms with Gasteiger partial charge in [0.2, 0.25) is 15.9 Å². The molecule has 1 aliphatic heterocycles.